The molecule has 1 spiro atoms. The fourth-order valence-corrected chi connectivity index (χ4v) is 5.69. The summed E-state index contributed by atoms with van der Waals surface area (Å²) in [4.78, 5) is 53.4. The SMILES string of the molecule is CCN1CCC2(CC1)CC(Nc1cccc3c1C(=O)N(C1CCC(=O)NC1=O)C3=O)C2. The average molecular weight is 425 g/mol. The minimum Gasteiger partial charge on any atom is -0.382 e. The molecule has 164 valence electrons. The quantitative estimate of drug-likeness (QED) is 0.715. The number of fused-ring (bicyclic) bond motifs is 1. The van der Waals surface area contributed by atoms with Gasteiger partial charge in [-0.1, -0.05) is 13.0 Å². The van der Waals surface area contributed by atoms with Crippen LogP contribution in [0.15, 0.2) is 18.2 Å². The topological polar surface area (TPSA) is 98.8 Å². The first-order valence-corrected chi connectivity index (χ1v) is 11.2. The van der Waals surface area contributed by atoms with Crippen molar-refractivity contribution in [2.24, 2.45) is 5.41 Å². The number of hydrogen-bond donors (Lipinski definition) is 2. The Morgan fingerprint density at radius 3 is 2.52 bits per heavy atom. The minimum atomic E-state index is -0.936. The molecule has 0 aromatic heterocycles. The number of benzene rings is 1. The van der Waals surface area contributed by atoms with Gasteiger partial charge in [-0.25, -0.2) is 0 Å². The summed E-state index contributed by atoms with van der Waals surface area (Å²) in [5, 5.41) is 5.74. The van der Waals surface area contributed by atoms with E-state index < -0.39 is 23.8 Å². The number of nitrogens with one attached hydrogen (secondary N) is 2. The molecule has 8 nitrogen and oxygen atoms in total. The van der Waals surface area contributed by atoms with Crippen molar-refractivity contribution in [2.75, 3.05) is 25.0 Å². The van der Waals surface area contributed by atoms with E-state index in [1.165, 1.54) is 12.8 Å². The van der Waals surface area contributed by atoms with Crippen LogP contribution in [0.2, 0.25) is 0 Å². The second kappa shape index (κ2) is 7.44. The highest BCUT2D eigenvalue weighted by Crippen LogP contribution is 2.50. The summed E-state index contributed by atoms with van der Waals surface area (Å²) in [7, 11) is 0. The van der Waals surface area contributed by atoms with Crippen molar-refractivity contribution < 1.29 is 19.2 Å². The summed E-state index contributed by atoms with van der Waals surface area (Å²) in [6.45, 7) is 5.61. The normalized spacial score (nSPS) is 26.1. The Kier molecular flexibility index (Phi) is 4.84. The van der Waals surface area contributed by atoms with E-state index in [4.69, 9.17) is 0 Å². The average Bonchev–Trinajstić information content (AvgIpc) is 2.99. The number of carbonyl (C=O) groups excluding carboxylic acids is 4. The van der Waals surface area contributed by atoms with Crippen LogP contribution in [-0.4, -0.2) is 65.1 Å². The van der Waals surface area contributed by atoms with Crippen LogP contribution >= 0.6 is 0 Å². The first-order chi connectivity index (χ1) is 14.9. The Hall–Kier alpha value is -2.74. The number of rotatable bonds is 4. The lowest BCUT2D eigenvalue weighted by Crippen LogP contribution is -2.54. The Morgan fingerprint density at radius 2 is 1.84 bits per heavy atom. The monoisotopic (exact) mass is 424 g/mol. The van der Waals surface area contributed by atoms with Crippen LogP contribution < -0.4 is 10.6 Å². The molecule has 3 heterocycles. The first kappa shape index (κ1) is 20.2. The molecule has 1 atom stereocenters. The zero-order chi connectivity index (χ0) is 21.8. The van der Waals surface area contributed by atoms with E-state index in [2.05, 4.69) is 22.5 Å². The van der Waals surface area contributed by atoms with Crippen molar-refractivity contribution in [3.63, 3.8) is 0 Å². The van der Waals surface area contributed by atoms with Crippen LogP contribution in [0.25, 0.3) is 0 Å². The molecule has 1 saturated carbocycles. The molecule has 5 rings (SSSR count). The van der Waals surface area contributed by atoms with Crippen LogP contribution in [0.4, 0.5) is 5.69 Å². The van der Waals surface area contributed by atoms with Gasteiger partial charge in [-0.05, 0) is 69.3 Å². The minimum absolute atomic E-state index is 0.120. The molecule has 31 heavy (non-hydrogen) atoms. The van der Waals surface area contributed by atoms with Gasteiger partial charge in [-0.15, -0.1) is 0 Å². The van der Waals surface area contributed by atoms with Gasteiger partial charge >= 0.3 is 0 Å². The van der Waals surface area contributed by atoms with Gasteiger partial charge in [0.2, 0.25) is 11.8 Å². The third kappa shape index (κ3) is 3.33. The van der Waals surface area contributed by atoms with Gasteiger partial charge in [0.25, 0.3) is 11.8 Å². The van der Waals surface area contributed by atoms with Crippen molar-refractivity contribution in [1.82, 2.24) is 15.1 Å². The Morgan fingerprint density at radius 1 is 1.10 bits per heavy atom. The fraction of sp³-hybridized carbons (Fsp3) is 0.565. The molecule has 3 aliphatic heterocycles. The van der Waals surface area contributed by atoms with Gasteiger partial charge < -0.3 is 10.2 Å². The molecule has 4 aliphatic rings. The van der Waals surface area contributed by atoms with E-state index >= 15 is 0 Å². The Bertz CT molecular complexity index is 958. The summed E-state index contributed by atoms with van der Waals surface area (Å²) in [6, 6.07) is 4.59. The molecule has 0 bridgehead atoms. The highest BCUT2D eigenvalue weighted by Gasteiger charge is 2.48. The highest BCUT2D eigenvalue weighted by atomic mass is 16.2. The van der Waals surface area contributed by atoms with Crippen molar-refractivity contribution in [2.45, 2.75) is 57.5 Å². The van der Waals surface area contributed by atoms with E-state index in [-0.39, 0.29) is 24.8 Å². The predicted molar refractivity (Wildman–Crippen MR) is 114 cm³/mol. The maximum atomic E-state index is 13.2. The number of hydrogen-bond acceptors (Lipinski definition) is 6. The van der Waals surface area contributed by atoms with Crippen molar-refractivity contribution in [3.8, 4) is 0 Å². The van der Waals surface area contributed by atoms with Gasteiger partial charge in [-0.3, -0.25) is 29.4 Å². The Labute approximate surface area is 181 Å². The highest BCUT2D eigenvalue weighted by molar-refractivity contribution is 6.25. The number of amides is 4. The summed E-state index contributed by atoms with van der Waals surface area (Å²) < 4.78 is 0. The number of imide groups is 2. The first-order valence-electron chi connectivity index (χ1n) is 11.2. The summed E-state index contributed by atoms with van der Waals surface area (Å²) >= 11 is 0. The van der Waals surface area contributed by atoms with Crippen LogP contribution in [0.1, 0.15) is 66.2 Å². The van der Waals surface area contributed by atoms with Crippen LogP contribution in [0, 0.1) is 5.41 Å². The number of piperidine rings is 2. The molecule has 1 aromatic rings. The molecule has 1 unspecified atom stereocenters. The van der Waals surface area contributed by atoms with Gasteiger partial charge in [0.1, 0.15) is 6.04 Å². The maximum absolute atomic E-state index is 13.2. The second-order valence-electron chi connectivity index (χ2n) is 9.36. The zero-order valence-electron chi connectivity index (χ0n) is 17.8. The van der Waals surface area contributed by atoms with Crippen LogP contribution in [0.3, 0.4) is 0 Å². The van der Waals surface area contributed by atoms with E-state index in [0.717, 1.165) is 37.4 Å². The smallest absolute Gasteiger partial charge is 0.264 e. The summed E-state index contributed by atoms with van der Waals surface area (Å²) in [6.07, 6.45) is 4.87. The van der Waals surface area contributed by atoms with Crippen molar-refractivity contribution in [3.05, 3.63) is 29.3 Å². The molecular formula is C23H28N4O4. The Balaban J connectivity index is 1.30. The second-order valence-corrected chi connectivity index (χ2v) is 9.36. The van der Waals surface area contributed by atoms with Crippen LogP contribution in [-0.2, 0) is 9.59 Å². The summed E-state index contributed by atoms with van der Waals surface area (Å²) in [5.74, 6) is -1.87. The lowest BCUT2D eigenvalue weighted by Gasteiger charge is -2.52. The number of carbonyl (C=O) groups is 4. The third-order valence-electron chi connectivity index (χ3n) is 7.55. The predicted octanol–water partition coefficient (Wildman–Crippen LogP) is 1.76. The molecule has 1 aliphatic carbocycles. The van der Waals surface area contributed by atoms with E-state index in [9.17, 15) is 19.2 Å². The summed E-state index contributed by atoms with van der Waals surface area (Å²) in [5.41, 5.74) is 1.74. The molecule has 8 heteroatoms. The fourth-order valence-electron chi connectivity index (χ4n) is 5.69. The van der Waals surface area contributed by atoms with Crippen LogP contribution in [0.5, 0.6) is 0 Å². The molecule has 2 saturated heterocycles. The largest absolute Gasteiger partial charge is 0.382 e. The van der Waals surface area contributed by atoms with Gasteiger partial charge in [0, 0.05) is 18.2 Å². The molecule has 3 fully saturated rings. The standard InChI is InChI=1S/C23H28N4O4/c1-2-26-10-8-23(9-11-26)12-14(13-23)24-16-5-3-4-15-19(16)22(31)27(21(15)30)17-6-7-18(28)25-20(17)29/h3-5,14,17,24H,2,6-13H2,1H3,(H,25,28,29). The number of anilines is 1. The molecule has 0 radical (unpaired) electrons. The van der Waals surface area contributed by atoms with E-state index in [1.807, 2.05) is 6.07 Å². The lowest BCUT2D eigenvalue weighted by molar-refractivity contribution is -0.136. The zero-order valence-corrected chi connectivity index (χ0v) is 17.8. The van der Waals surface area contributed by atoms with Gasteiger partial charge in [-0.2, -0.15) is 0 Å². The lowest BCUT2D eigenvalue weighted by atomic mass is 9.60. The molecule has 1 aromatic carbocycles. The molecular weight excluding hydrogens is 396 g/mol. The van der Waals surface area contributed by atoms with Crippen molar-refractivity contribution in [1.29, 1.82) is 0 Å². The molecule has 4 amide bonds. The number of likely N-dealkylation sites (tertiary alicyclic amines) is 1. The van der Waals surface area contributed by atoms with E-state index in [1.54, 1.807) is 12.1 Å². The van der Waals surface area contributed by atoms with Crippen molar-refractivity contribution >= 4 is 29.3 Å². The molecule has 2 N–H and O–H groups in total. The van der Waals surface area contributed by atoms with E-state index in [0.29, 0.717) is 22.2 Å². The van der Waals surface area contributed by atoms with Gasteiger partial charge in [0.05, 0.1) is 11.1 Å². The number of nitrogens with zero attached hydrogens (tertiary/aromatic N) is 2. The third-order valence-corrected chi connectivity index (χ3v) is 7.55. The van der Waals surface area contributed by atoms with Gasteiger partial charge in [0.15, 0.2) is 0 Å². The maximum Gasteiger partial charge on any atom is 0.264 e.